The zero-order valence-electron chi connectivity index (χ0n) is 8.04. The van der Waals surface area contributed by atoms with Crippen LogP contribution in [-0.2, 0) is 0 Å². The number of hydrogen-bond acceptors (Lipinski definition) is 1. The number of nitrogens with zero attached hydrogens (tertiary/aromatic N) is 1. The molecule has 0 atom stereocenters. The average Bonchev–Trinajstić information content (AvgIpc) is 1.87. The second-order valence-electron chi connectivity index (χ2n) is 3.21. The minimum Gasteiger partial charge on any atom is -0.373 e. The first-order valence-electron chi connectivity index (χ1n) is 4.16. The summed E-state index contributed by atoms with van der Waals surface area (Å²) in [6.45, 7) is 12.4. The summed E-state index contributed by atoms with van der Waals surface area (Å²) in [7, 11) is 0. The molecule has 0 heterocycles. The summed E-state index contributed by atoms with van der Waals surface area (Å²) >= 11 is 0. The smallest absolute Gasteiger partial charge is 0.0230 e. The highest BCUT2D eigenvalue weighted by atomic mass is 15.1. The van der Waals surface area contributed by atoms with Crippen LogP contribution in [0, 0.1) is 0 Å². The lowest BCUT2D eigenvalue weighted by Gasteiger charge is -2.28. The van der Waals surface area contributed by atoms with E-state index in [4.69, 9.17) is 0 Å². The normalized spacial score (nSPS) is 11.5. The van der Waals surface area contributed by atoms with Crippen molar-refractivity contribution in [2.24, 2.45) is 0 Å². The van der Waals surface area contributed by atoms with Gasteiger partial charge in [0.1, 0.15) is 0 Å². The standard InChI is InChI=1S/C10H19N/c1-6-7-8-11(9(2)3)10(4)5/h6-10H,1H2,2-5H3/b8-7+. The fourth-order valence-corrected chi connectivity index (χ4v) is 1.10. The lowest BCUT2D eigenvalue weighted by Crippen LogP contribution is -2.31. The lowest BCUT2D eigenvalue weighted by atomic mass is 10.2. The molecule has 64 valence electrons. The third-order valence-corrected chi connectivity index (χ3v) is 1.59. The van der Waals surface area contributed by atoms with Crippen molar-refractivity contribution in [1.82, 2.24) is 4.90 Å². The highest BCUT2D eigenvalue weighted by Crippen LogP contribution is 2.04. The van der Waals surface area contributed by atoms with E-state index >= 15 is 0 Å². The Labute approximate surface area is 70.4 Å². The van der Waals surface area contributed by atoms with Crippen molar-refractivity contribution < 1.29 is 0 Å². The van der Waals surface area contributed by atoms with E-state index in [1.807, 2.05) is 6.08 Å². The number of hydrogen-bond donors (Lipinski definition) is 0. The van der Waals surface area contributed by atoms with Crippen molar-refractivity contribution in [3.63, 3.8) is 0 Å². The molecular formula is C10H19N. The van der Waals surface area contributed by atoms with Gasteiger partial charge in [0.2, 0.25) is 0 Å². The highest BCUT2D eigenvalue weighted by molar-refractivity contribution is 4.98. The maximum absolute atomic E-state index is 3.64. The van der Waals surface area contributed by atoms with Crippen LogP contribution in [0.3, 0.4) is 0 Å². The topological polar surface area (TPSA) is 3.24 Å². The Morgan fingerprint density at radius 3 is 1.82 bits per heavy atom. The van der Waals surface area contributed by atoms with Gasteiger partial charge in [0, 0.05) is 12.1 Å². The van der Waals surface area contributed by atoms with Gasteiger partial charge in [0.25, 0.3) is 0 Å². The van der Waals surface area contributed by atoms with E-state index in [1.165, 1.54) is 0 Å². The first-order chi connectivity index (χ1) is 5.09. The quantitative estimate of drug-likeness (QED) is 0.561. The minimum atomic E-state index is 0.561. The van der Waals surface area contributed by atoms with E-state index in [0.717, 1.165) is 0 Å². The van der Waals surface area contributed by atoms with Crippen LogP contribution in [0.15, 0.2) is 24.9 Å². The molecule has 0 spiro atoms. The van der Waals surface area contributed by atoms with Crippen LogP contribution in [-0.4, -0.2) is 17.0 Å². The molecule has 0 rings (SSSR count). The average molecular weight is 153 g/mol. The van der Waals surface area contributed by atoms with Crippen molar-refractivity contribution in [2.45, 2.75) is 39.8 Å². The molecule has 0 bridgehead atoms. The van der Waals surface area contributed by atoms with Crippen molar-refractivity contribution in [3.8, 4) is 0 Å². The van der Waals surface area contributed by atoms with Gasteiger partial charge in [0.15, 0.2) is 0 Å². The van der Waals surface area contributed by atoms with Crippen molar-refractivity contribution in [2.75, 3.05) is 0 Å². The molecule has 0 aromatic rings. The summed E-state index contributed by atoms with van der Waals surface area (Å²) in [5.41, 5.74) is 0. The van der Waals surface area contributed by atoms with Crippen LogP contribution in [0.25, 0.3) is 0 Å². The molecule has 0 radical (unpaired) electrons. The van der Waals surface area contributed by atoms with Gasteiger partial charge in [0.05, 0.1) is 0 Å². The maximum atomic E-state index is 3.64. The third-order valence-electron chi connectivity index (χ3n) is 1.59. The van der Waals surface area contributed by atoms with Gasteiger partial charge in [-0.05, 0) is 40.0 Å². The zero-order valence-corrected chi connectivity index (χ0v) is 8.04. The van der Waals surface area contributed by atoms with Gasteiger partial charge in [-0.3, -0.25) is 0 Å². The summed E-state index contributed by atoms with van der Waals surface area (Å²) in [4.78, 5) is 2.29. The number of allylic oxidation sites excluding steroid dienone is 2. The second kappa shape index (κ2) is 5.00. The van der Waals surface area contributed by atoms with Crippen LogP contribution < -0.4 is 0 Å². The Kier molecular flexibility index (Phi) is 4.67. The first-order valence-corrected chi connectivity index (χ1v) is 4.16. The van der Waals surface area contributed by atoms with E-state index < -0.39 is 0 Å². The fourth-order valence-electron chi connectivity index (χ4n) is 1.10. The molecule has 0 aliphatic heterocycles. The van der Waals surface area contributed by atoms with Crippen molar-refractivity contribution >= 4 is 0 Å². The highest BCUT2D eigenvalue weighted by Gasteiger charge is 2.06. The van der Waals surface area contributed by atoms with Crippen LogP contribution >= 0.6 is 0 Å². The third kappa shape index (κ3) is 3.87. The van der Waals surface area contributed by atoms with Gasteiger partial charge in [-0.15, -0.1) is 0 Å². The Morgan fingerprint density at radius 1 is 1.09 bits per heavy atom. The number of rotatable bonds is 4. The Bertz CT molecular complexity index is 126. The Hall–Kier alpha value is -0.720. The van der Waals surface area contributed by atoms with Crippen LogP contribution in [0.2, 0.25) is 0 Å². The molecule has 0 aromatic carbocycles. The van der Waals surface area contributed by atoms with E-state index in [9.17, 15) is 0 Å². The summed E-state index contributed by atoms with van der Waals surface area (Å²) in [5, 5.41) is 0. The van der Waals surface area contributed by atoms with E-state index in [-0.39, 0.29) is 0 Å². The van der Waals surface area contributed by atoms with E-state index in [2.05, 4.69) is 45.4 Å². The monoisotopic (exact) mass is 153 g/mol. The predicted octanol–water partition coefficient (Wildman–Crippen LogP) is 2.80. The molecular weight excluding hydrogens is 134 g/mol. The molecule has 1 nitrogen and oxygen atoms in total. The predicted molar refractivity (Wildman–Crippen MR) is 51.4 cm³/mol. The fraction of sp³-hybridized carbons (Fsp3) is 0.600. The van der Waals surface area contributed by atoms with Crippen LogP contribution in [0.1, 0.15) is 27.7 Å². The molecule has 11 heavy (non-hydrogen) atoms. The Balaban J connectivity index is 4.10. The lowest BCUT2D eigenvalue weighted by molar-refractivity contribution is 0.256. The van der Waals surface area contributed by atoms with Gasteiger partial charge in [-0.25, -0.2) is 0 Å². The SMILES string of the molecule is C=C/C=C/N(C(C)C)C(C)C. The molecule has 0 aliphatic rings. The summed E-state index contributed by atoms with van der Waals surface area (Å²) in [6.07, 6.45) is 5.86. The molecule has 0 aromatic heterocycles. The first kappa shape index (κ1) is 10.3. The molecule has 0 fully saturated rings. The van der Waals surface area contributed by atoms with Gasteiger partial charge in [-0.2, -0.15) is 0 Å². The van der Waals surface area contributed by atoms with Gasteiger partial charge in [-0.1, -0.05) is 12.7 Å². The summed E-state index contributed by atoms with van der Waals surface area (Å²) in [5.74, 6) is 0. The molecule has 0 aliphatic carbocycles. The molecule has 0 saturated heterocycles. The van der Waals surface area contributed by atoms with Crippen LogP contribution in [0.5, 0.6) is 0 Å². The molecule has 1 heteroatoms. The Morgan fingerprint density at radius 2 is 1.55 bits per heavy atom. The van der Waals surface area contributed by atoms with Gasteiger partial charge >= 0.3 is 0 Å². The summed E-state index contributed by atoms with van der Waals surface area (Å²) in [6, 6.07) is 1.12. The molecule has 0 N–H and O–H groups in total. The second-order valence-corrected chi connectivity index (χ2v) is 3.21. The van der Waals surface area contributed by atoms with Gasteiger partial charge < -0.3 is 4.90 Å². The summed E-state index contributed by atoms with van der Waals surface area (Å²) < 4.78 is 0. The van der Waals surface area contributed by atoms with Crippen LogP contribution in [0.4, 0.5) is 0 Å². The molecule has 0 unspecified atom stereocenters. The van der Waals surface area contributed by atoms with E-state index in [0.29, 0.717) is 12.1 Å². The zero-order chi connectivity index (χ0) is 8.85. The minimum absolute atomic E-state index is 0.561. The maximum Gasteiger partial charge on any atom is 0.0230 e. The van der Waals surface area contributed by atoms with Crippen molar-refractivity contribution in [1.29, 1.82) is 0 Å². The van der Waals surface area contributed by atoms with Crippen molar-refractivity contribution in [3.05, 3.63) is 24.9 Å². The molecule has 0 amide bonds. The van der Waals surface area contributed by atoms with E-state index in [1.54, 1.807) is 6.08 Å². The molecule has 0 saturated carbocycles. The largest absolute Gasteiger partial charge is 0.373 e.